The standard InChI is InChI=1S/C22H28N2O3S/c1-4-24(16(2)17-6-5-7-19(14-17)27-3)22(26)9-8-21(25)23-12-10-20-18(15-23)11-13-28-20/h5-7,11,13-14,16H,4,8-10,12,15H2,1-3H3. The molecule has 1 aromatic heterocycles. The van der Waals surface area contributed by atoms with Crippen LogP contribution in [0.3, 0.4) is 0 Å². The van der Waals surface area contributed by atoms with Crippen molar-refractivity contribution in [2.24, 2.45) is 0 Å². The van der Waals surface area contributed by atoms with Crippen LogP contribution < -0.4 is 4.74 Å². The van der Waals surface area contributed by atoms with Gasteiger partial charge < -0.3 is 14.5 Å². The van der Waals surface area contributed by atoms with Crippen molar-refractivity contribution in [2.75, 3.05) is 20.2 Å². The predicted molar refractivity (Wildman–Crippen MR) is 111 cm³/mol. The van der Waals surface area contributed by atoms with E-state index in [0.717, 1.165) is 24.3 Å². The Bertz CT molecular complexity index is 833. The van der Waals surface area contributed by atoms with Gasteiger partial charge in [0.1, 0.15) is 5.75 Å². The van der Waals surface area contributed by atoms with E-state index in [4.69, 9.17) is 4.74 Å². The van der Waals surface area contributed by atoms with Gasteiger partial charge in [-0.25, -0.2) is 0 Å². The van der Waals surface area contributed by atoms with Gasteiger partial charge in [0.2, 0.25) is 11.8 Å². The average molecular weight is 401 g/mol. The first-order chi connectivity index (χ1) is 13.5. The monoisotopic (exact) mass is 400 g/mol. The lowest BCUT2D eigenvalue weighted by molar-refractivity contribution is -0.138. The number of ether oxygens (including phenoxy) is 1. The summed E-state index contributed by atoms with van der Waals surface area (Å²) in [6.45, 7) is 6.01. The molecule has 150 valence electrons. The van der Waals surface area contributed by atoms with Gasteiger partial charge >= 0.3 is 0 Å². The maximum absolute atomic E-state index is 12.8. The molecule has 1 unspecified atom stereocenters. The molecule has 2 amide bonds. The van der Waals surface area contributed by atoms with Crippen LogP contribution in [0.2, 0.25) is 0 Å². The topological polar surface area (TPSA) is 49.9 Å². The largest absolute Gasteiger partial charge is 0.497 e. The molecule has 1 aliphatic rings. The van der Waals surface area contributed by atoms with Gasteiger partial charge in [-0.3, -0.25) is 9.59 Å². The number of hydrogen-bond acceptors (Lipinski definition) is 4. The fourth-order valence-electron chi connectivity index (χ4n) is 3.72. The summed E-state index contributed by atoms with van der Waals surface area (Å²) >= 11 is 1.76. The highest BCUT2D eigenvalue weighted by atomic mass is 32.1. The number of carbonyl (C=O) groups excluding carboxylic acids is 2. The summed E-state index contributed by atoms with van der Waals surface area (Å²) < 4.78 is 5.29. The molecule has 0 N–H and O–H groups in total. The second-order valence-corrected chi connectivity index (χ2v) is 8.07. The van der Waals surface area contributed by atoms with Crippen LogP contribution in [-0.4, -0.2) is 41.8 Å². The van der Waals surface area contributed by atoms with E-state index in [1.165, 1.54) is 10.4 Å². The molecular weight excluding hydrogens is 372 g/mol. The summed E-state index contributed by atoms with van der Waals surface area (Å²) in [6.07, 6.45) is 1.42. The van der Waals surface area contributed by atoms with E-state index in [1.54, 1.807) is 18.4 Å². The van der Waals surface area contributed by atoms with Gasteiger partial charge in [0.25, 0.3) is 0 Å². The smallest absolute Gasteiger partial charge is 0.223 e. The molecule has 2 aromatic rings. The molecule has 3 rings (SSSR count). The van der Waals surface area contributed by atoms with E-state index in [0.29, 0.717) is 13.1 Å². The number of fused-ring (bicyclic) bond motifs is 1. The van der Waals surface area contributed by atoms with Crippen LogP contribution in [0, 0.1) is 0 Å². The molecule has 1 aromatic carbocycles. The first-order valence-electron chi connectivity index (χ1n) is 9.80. The minimum atomic E-state index is -0.0638. The molecule has 1 aliphatic heterocycles. The first-order valence-corrected chi connectivity index (χ1v) is 10.7. The fourth-order valence-corrected chi connectivity index (χ4v) is 4.61. The minimum absolute atomic E-state index is 0.0133. The summed E-state index contributed by atoms with van der Waals surface area (Å²) in [7, 11) is 1.64. The lowest BCUT2D eigenvalue weighted by Crippen LogP contribution is -2.37. The Morgan fingerprint density at radius 3 is 2.86 bits per heavy atom. The van der Waals surface area contributed by atoms with Crippen LogP contribution in [0.4, 0.5) is 0 Å². The molecule has 0 fully saturated rings. The Labute approximate surface area is 170 Å². The number of benzene rings is 1. The van der Waals surface area contributed by atoms with Crippen molar-refractivity contribution < 1.29 is 14.3 Å². The highest BCUT2D eigenvalue weighted by Crippen LogP contribution is 2.26. The van der Waals surface area contributed by atoms with Crippen LogP contribution in [0.1, 0.15) is 48.7 Å². The van der Waals surface area contributed by atoms with E-state index in [1.807, 2.05) is 47.9 Å². The zero-order chi connectivity index (χ0) is 20.1. The van der Waals surface area contributed by atoms with Crippen molar-refractivity contribution in [1.29, 1.82) is 0 Å². The molecule has 28 heavy (non-hydrogen) atoms. The Morgan fingerprint density at radius 2 is 2.11 bits per heavy atom. The predicted octanol–water partition coefficient (Wildman–Crippen LogP) is 4.03. The van der Waals surface area contributed by atoms with Crippen molar-refractivity contribution in [1.82, 2.24) is 9.80 Å². The van der Waals surface area contributed by atoms with Crippen LogP contribution in [0.15, 0.2) is 35.7 Å². The van der Waals surface area contributed by atoms with Crippen LogP contribution in [0.5, 0.6) is 5.75 Å². The Morgan fingerprint density at radius 1 is 1.29 bits per heavy atom. The minimum Gasteiger partial charge on any atom is -0.497 e. The third-order valence-corrected chi connectivity index (χ3v) is 6.44. The lowest BCUT2D eigenvalue weighted by Gasteiger charge is -2.30. The molecular formula is C22H28N2O3S. The fraction of sp³-hybridized carbons (Fsp3) is 0.455. The zero-order valence-electron chi connectivity index (χ0n) is 16.8. The molecule has 6 heteroatoms. The summed E-state index contributed by atoms with van der Waals surface area (Å²) in [5.74, 6) is 0.857. The SMILES string of the molecule is CCN(C(=O)CCC(=O)N1CCc2sccc2C1)C(C)c1cccc(OC)c1. The Hall–Kier alpha value is -2.34. The summed E-state index contributed by atoms with van der Waals surface area (Å²) in [5.41, 5.74) is 2.28. The van der Waals surface area contributed by atoms with Crippen molar-refractivity contribution >= 4 is 23.2 Å². The third-order valence-electron chi connectivity index (χ3n) is 5.42. The molecule has 0 bridgehead atoms. The van der Waals surface area contributed by atoms with Crippen molar-refractivity contribution in [3.05, 3.63) is 51.7 Å². The molecule has 1 atom stereocenters. The maximum Gasteiger partial charge on any atom is 0.223 e. The number of rotatable bonds is 7. The number of hydrogen-bond donors (Lipinski definition) is 0. The van der Waals surface area contributed by atoms with E-state index in [-0.39, 0.29) is 30.7 Å². The normalized spacial score (nSPS) is 14.3. The van der Waals surface area contributed by atoms with Crippen molar-refractivity contribution in [3.8, 4) is 5.75 Å². The molecule has 5 nitrogen and oxygen atoms in total. The Kier molecular flexibility index (Phi) is 6.73. The van der Waals surface area contributed by atoms with Crippen molar-refractivity contribution in [2.45, 2.75) is 45.7 Å². The van der Waals surface area contributed by atoms with Crippen molar-refractivity contribution in [3.63, 3.8) is 0 Å². The number of amides is 2. The summed E-state index contributed by atoms with van der Waals surface area (Å²) in [5, 5.41) is 2.08. The molecule has 2 heterocycles. The number of methoxy groups -OCH3 is 1. The van der Waals surface area contributed by atoms with Crippen LogP contribution >= 0.6 is 11.3 Å². The quantitative estimate of drug-likeness (QED) is 0.705. The van der Waals surface area contributed by atoms with Gasteiger partial charge in [-0.05, 0) is 55.0 Å². The molecule has 0 spiro atoms. The molecule has 0 saturated heterocycles. The van der Waals surface area contributed by atoms with Gasteiger partial charge in [0.05, 0.1) is 13.2 Å². The molecule has 0 aliphatic carbocycles. The second kappa shape index (κ2) is 9.24. The van der Waals surface area contributed by atoms with Gasteiger partial charge in [0.15, 0.2) is 0 Å². The van der Waals surface area contributed by atoms with E-state index in [2.05, 4.69) is 11.4 Å². The lowest BCUT2D eigenvalue weighted by atomic mass is 10.1. The maximum atomic E-state index is 12.8. The average Bonchev–Trinajstić information content (AvgIpc) is 3.20. The number of nitrogens with zero attached hydrogens (tertiary/aromatic N) is 2. The van der Waals surface area contributed by atoms with E-state index in [9.17, 15) is 9.59 Å². The Balaban J connectivity index is 1.57. The summed E-state index contributed by atoms with van der Waals surface area (Å²) in [6, 6.07) is 9.81. The first kappa shape index (κ1) is 20.4. The highest BCUT2D eigenvalue weighted by molar-refractivity contribution is 7.10. The van der Waals surface area contributed by atoms with E-state index >= 15 is 0 Å². The number of thiophene rings is 1. The molecule has 0 saturated carbocycles. The molecule has 0 radical (unpaired) electrons. The summed E-state index contributed by atoms with van der Waals surface area (Å²) in [4.78, 5) is 30.5. The third kappa shape index (κ3) is 4.55. The van der Waals surface area contributed by atoms with E-state index < -0.39 is 0 Å². The van der Waals surface area contributed by atoms with Gasteiger partial charge in [0, 0.05) is 37.4 Å². The highest BCUT2D eigenvalue weighted by Gasteiger charge is 2.24. The van der Waals surface area contributed by atoms with Gasteiger partial charge in [-0.15, -0.1) is 11.3 Å². The van der Waals surface area contributed by atoms with Gasteiger partial charge in [-0.1, -0.05) is 12.1 Å². The zero-order valence-corrected chi connectivity index (χ0v) is 17.6. The second-order valence-electron chi connectivity index (χ2n) is 7.07. The number of carbonyl (C=O) groups is 2. The van der Waals surface area contributed by atoms with Crippen LogP contribution in [-0.2, 0) is 22.6 Å². The van der Waals surface area contributed by atoms with Gasteiger partial charge in [-0.2, -0.15) is 0 Å². The van der Waals surface area contributed by atoms with Crippen LogP contribution in [0.25, 0.3) is 0 Å².